The first-order valence-corrected chi connectivity index (χ1v) is 7.39. The summed E-state index contributed by atoms with van der Waals surface area (Å²) in [5, 5.41) is 2.58. The zero-order valence-electron chi connectivity index (χ0n) is 11.3. The predicted octanol–water partition coefficient (Wildman–Crippen LogP) is 0.198. The first-order valence-electron chi connectivity index (χ1n) is 5.78. The molecule has 1 amide bonds. The van der Waals surface area contributed by atoms with Gasteiger partial charge in [-0.15, -0.1) is 0 Å². The van der Waals surface area contributed by atoms with Crippen LogP contribution in [0.5, 0.6) is 0 Å². The SMILES string of the molecule is Cc1ccc(N)cc1C(=O)NCCS(=O)(=O)N(C)C. The van der Waals surface area contributed by atoms with Gasteiger partial charge in [0.15, 0.2) is 0 Å². The summed E-state index contributed by atoms with van der Waals surface area (Å²) in [7, 11) is -0.385. The van der Waals surface area contributed by atoms with E-state index in [-0.39, 0.29) is 18.2 Å². The molecule has 0 unspecified atom stereocenters. The monoisotopic (exact) mass is 285 g/mol. The molecule has 7 heteroatoms. The molecule has 0 aliphatic carbocycles. The van der Waals surface area contributed by atoms with E-state index in [1.807, 2.05) is 0 Å². The van der Waals surface area contributed by atoms with Gasteiger partial charge in [-0.2, -0.15) is 0 Å². The van der Waals surface area contributed by atoms with Crippen LogP contribution in [0.1, 0.15) is 15.9 Å². The number of carbonyl (C=O) groups excluding carboxylic acids is 1. The Bertz CT molecular complexity index is 568. The van der Waals surface area contributed by atoms with E-state index in [0.717, 1.165) is 9.87 Å². The Kier molecular flexibility index (Phi) is 4.90. The number of hydrogen-bond donors (Lipinski definition) is 2. The Morgan fingerprint density at radius 2 is 2.00 bits per heavy atom. The van der Waals surface area contributed by atoms with Crippen LogP contribution in [0.15, 0.2) is 18.2 Å². The quantitative estimate of drug-likeness (QED) is 0.756. The van der Waals surface area contributed by atoms with Crippen LogP contribution >= 0.6 is 0 Å². The molecule has 6 nitrogen and oxygen atoms in total. The standard InChI is InChI=1S/C12H19N3O3S/c1-9-4-5-10(13)8-11(9)12(16)14-6-7-19(17,18)15(2)3/h4-5,8H,6-7,13H2,1-3H3,(H,14,16). The van der Waals surface area contributed by atoms with Crippen LogP contribution in [0, 0.1) is 6.92 Å². The lowest BCUT2D eigenvalue weighted by Gasteiger charge is -2.12. The van der Waals surface area contributed by atoms with Crippen molar-refractivity contribution in [1.82, 2.24) is 9.62 Å². The smallest absolute Gasteiger partial charge is 0.251 e. The molecule has 0 aromatic heterocycles. The van der Waals surface area contributed by atoms with Gasteiger partial charge in [-0.05, 0) is 24.6 Å². The highest BCUT2D eigenvalue weighted by Gasteiger charge is 2.15. The van der Waals surface area contributed by atoms with Crippen molar-refractivity contribution >= 4 is 21.6 Å². The summed E-state index contributed by atoms with van der Waals surface area (Å²) >= 11 is 0. The molecule has 1 aromatic rings. The Morgan fingerprint density at radius 3 is 2.58 bits per heavy atom. The minimum absolute atomic E-state index is 0.0631. The summed E-state index contributed by atoms with van der Waals surface area (Å²) in [6.45, 7) is 1.86. The lowest BCUT2D eigenvalue weighted by molar-refractivity contribution is 0.0955. The van der Waals surface area contributed by atoms with E-state index >= 15 is 0 Å². The van der Waals surface area contributed by atoms with Gasteiger partial charge in [0, 0.05) is 31.9 Å². The number of nitrogens with zero attached hydrogens (tertiary/aromatic N) is 1. The molecule has 0 aliphatic heterocycles. The van der Waals surface area contributed by atoms with E-state index in [9.17, 15) is 13.2 Å². The van der Waals surface area contributed by atoms with E-state index in [1.165, 1.54) is 14.1 Å². The molecule has 0 spiro atoms. The number of rotatable bonds is 5. The Balaban J connectivity index is 2.64. The molecule has 0 heterocycles. The molecule has 0 saturated carbocycles. The number of nitrogen functional groups attached to an aromatic ring is 1. The number of carbonyl (C=O) groups is 1. The van der Waals surface area contributed by atoms with Crippen LogP contribution in [-0.2, 0) is 10.0 Å². The maximum Gasteiger partial charge on any atom is 0.251 e. The molecule has 1 rings (SSSR count). The average Bonchev–Trinajstić information content (AvgIpc) is 2.31. The van der Waals surface area contributed by atoms with Gasteiger partial charge < -0.3 is 11.1 Å². The first-order chi connectivity index (χ1) is 8.74. The van der Waals surface area contributed by atoms with E-state index < -0.39 is 10.0 Å². The zero-order chi connectivity index (χ0) is 14.6. The zero-order valence-corrected chi connectivity index (χ0v) is 12.1. The lowest BCUT2D eigenvalue weighted by Crippen LogP contribution is -2.34. The number of nitrogens with two attached hydrogens (primary N) is 1. The van der Waals surface area contributed by atoms with Crippen molar-refractivity contribution in [3.8, 4) is 0 Å². The van der Waals surface area contributed by atoms with Crippen molar-refractivity contribution in [2.45, 2.75) is 6.92 Å². The van der Waals surface area contributed by atoms with Crippen LogP contribution in [0.4, 0.5) is 5.69 Å². The third-order valence-electron chi connectivity index (χ3n) is 2.71. The molecule has 3 N–H and O–H groups in total. The maximum atomic E-state index is 11.9. The minimum Gasteiger partial charge on any atom is -0.399 e. The Hall–Kier alpha value is -1.60. The van der Waals surface area contributed by atoms with E-state index in [2.05, 4.69) is 5.32 Å². The van der Waals surface area contributed by atoms with Gasteiger partial charge in [0.1, 0.15) is 0 Å². The molecule has 19 heavy (non-hydrogen) atoms. The van der Waals surface area contributed by atoms with Gasteiger partial charge in [0.05, 0.1) is 5.75 Å². The summed E-state index contributed by atoms with van der Waals surface area (Å²) in [6, 6.07) is 5.04. The second-order valence-electron chi connectivity index (χ2n) is 4.43. The maximum absolute atomic E-state index is 11.9. The first kappa shape index (κ1) is 15.5. The summed E-state index contributed by atoms with van der Waals surface area (Å²) in [5.41, 5.74) is 7.37. The average molecular weight is 285 g/mol. The summed E-state index contributed by atoms with van der Waals surface area (Å²) in [6.07, 6.45) is 0. The molecular formula is C12H19N3O3S. The third kappa shape index (κ3) is 4.22. The molecule has 106 valence electrons. The largest absolute Gasteiger partial charge is 0.399 e. The van der Waals surface area contributed by atoms with Crippen molar-refractivity contribution in [2.24, 2.45) is 0 Å². The fourth-order valence-corrected chi connectivity index (χ4v) is 2.18. The number of aryl methyl sites for hydroxylation is 1. The fourth-order valence-electron chi connectivity index (χ4n) is 1.46. The van der Waals surface area contributed by atoms with Crippen molar-refractivity contribution < 1.29 is 13.2 Å². The van der Waals surface area contributed by atoms with Crippen molar-refractivity contribution in [3.05, 3.63) is 29.3 Å². The van der Waals surface area contributed by atoms with Crippen LogP contribution in [0.25, 0.3) is 0 Å². The molecule has 0 bridgehead atoms. The van der Waals surface area contributed by atoms with Crippen LogP contribution < -0.4 is 11.1 Å². The number of sulfonamides is 1. The number of anilines is 1. The fraction of sp³-hybridized carbons (Fsp3) is 0.417. The van der Waals surface area contributed by atoms with Crippen LogP contribution in [0.2, 0.25) is 0 Å². The van der Waals surface area contributed by atoms with Crippen LogP contribution in [0.3, 0.4) is 0 Å². The van der Waals surface area contributed by atoms with Gasteiger partial charge in [0.2, 0.25) is 10.0 Å². The Labute approximate surface area is 113 Å². The molecular weight excluding hydrogens is 266 g/mol. The Morgan fingerprint density at radius 1 is 1.37 bits per heavy atom. The third-order valence-corrected chi connectivity index (χ3v) is 4.54. The molecule has 0 saturated heterocycles. The van der Waals surface area contributed by atoms with E-state index in [4.69, 9.17) is 5.73 Å². The van der Waals surface area contributed by atoms with Crippen molar-refractivity contribution in [1.29, 1.82) is 0 Å². The normalized spacial score (nSPS) is 11.6. The highest BCUT2D eigenvalue weighted by atomic mass is 32.2. The minimum atomic E-state index is -3.30. The van der Waals surface area contributed by atoms with Gasteiger partial charge in [-0.3, -0.25) is 4.79 Å². The molecule has 0 aliphatic rings. The topological polar surface area (TPSA) is 92.5 Å². The van der Waals surface area contributed by atoms with Crippen LogP contribution in [-0.4, -0.2) is 45.0 Å². The molecule has 0 radical (unpaired) electrons. The molecule has 1 aromatic carbocycles. The number of hydrogen-bond acceptors (Lipinski definition) is 4. The number of amides is 1. The molecule has 0 fully saturated rings. The summed E-state index contributed by atoms with van der Waals surface area (Å²) in [4.78, 5) is 11.9. The van der Waals surface area contributed by atoms with E-state index in [0.29, 0.717) is 11.3 Å². The predicted molar refractivity (Wildman–Crippen MR) is 75.4 cm³/mol. The summed E-state index contributed by atoms with van der Waals surface area (Å²) in [5.74, 6) is -0.452. The van der Waals surface area contributed by atoms with E-state index in [1.54, 1.807) is 25.1 Å². The number of nitrogens with one attached hydrogen (secondary N) is 1. The van der Waals surface area contributed by atoms with Gasteiger partial charge in [-0.1, -0.05) is 6.07 Å². The second kappa shape index (κ2) is 6.03. The number of benzene rings is 1. The van der Waals surface area contributed by atoms with Crippen molar-refractivity contribution in [3.63, 3.8) is 0 Å². The van der Waals surface area contributed by atoms with Crippen molar-refractivity contribution in [2.75, 3.05) is 32.1 Å². The van der Waals surface area contributed by atoms with Gasteiger partial charge in [-0.25, -0.2) is 12.7 Å². The highest BCUT2D eigenvalue weighted by Crippen LogP contribution is 2.12. The highest BCUT2D eigenvalue weighted by molar-refractivity contribution is 7.89. The van der Waals surface area contributed by atoms with Gasteiger partial charge in [0.25, 0.3) is 5.91 Å². The molecule has 0 atom stereocenters. The summed E-state index contributed by atoms with van der Waals surface area (Å²) < 4.78 is 24.2. The van der Waals surface area contributed by atoms with Gasteiger partial charge >= 0.3 is 0 Å². The lowest BCUT2D eigenvalue weighted by atomic mass is 10.1. The second-order valence-corrected chi connectivity index (χ2v) is 6.73.